The van der Waals surface area contributed by atoms with Gasteiger partial charge in [0.25, 0.3) is 0 Å². The van der Waals surface area contributed by atoms with Gasteiger partial charge >= 0.3 is 5.97 Å². The molecule has 0 spiro atoms. The van der Waals surface area contributed by atoms with Gasteiger partial charge in [-0.2, -0.15) is 11.8 Å². The van der Waals surface area contributed by atoms with E-state index in [-0.39, 0.29) is 0 Å². The first kappa shape index (κ1) is 14.7. The number of hydrogen-bond acceptors (Lipinski definition) is 3. The van der Waals surface area contributed by atoms with Gasteiger partial charge in [0.05, 0.1) is 11.3 Å². The number of benzene rings is 1. The molecule has 2 atom stereocenters. The number of carboxylic acids is 1. The van der Waals surface area contributed by atoms with Crippen LogP contribution in [0, 0.1) is 0 Å². The van der Waals surface area contributed by atoms with E-state index in [0.717, 1.165) is 17.9 Å². The van der Waals surface area contributed by atoms with Crippen molar-refractivity contribution in [1.29, 1.82) is 0 Å². The van der Waals surface area contributed by atoms with Crippen molar-refractivity contribution in [3.05, 3.63) is 28.2 Å². The van der Waals surface area contributed by atoms with Crippen molar-refractivity contribution in [1.82, 2.24) is 0 Å². The molecular weight excluding hydrogens is 326 g/mol. The molecule has 1 aromatic rings. The minimum atomic E-state index is -0.896. The van der Waals surface area contributed by atoms with Gasteiger partial charge in [-0.25, -0.2) is 4.79 Å². The molecule has 0 amide bonds. The molecule has 19 heavy (non-hydrogen) atoms. The highest BCUT2D eigenvalue weighted by Gasteiger charge is 2.28. The van der Waals surface area contributed by atoms with Crippen molar-refractivity contribution >= 4 is 39.3 Å². The number of halogens is 1. The van der Waals surface area contributed by atoms with E-state index in [4.69, 9.17) is 0 Å². The Morgan fingerprint density at radius 2 is 2.32 bits per heavy atom. The lowest BCUT2D eigenvalue weighted by Gasteiger charge is -2.22. The summed E-state index contributed by atoms with van der Waals surface area (Å²) >= 11 is 5.28. The molecule has 0 saturated heterocycles. The lowest BCUT2D eigenvalue weighted by atomic mass is 10.1. The second-order valence-corrected chi connectivity index (χ2v) is 7.01. The van der Waals surface area contributed by atoms with Gasteiger partial charge < -0.3 is 10.4 Å². The number of hydrogen-bond donors (Lipinski definition) is 2. The smallest absolute Gasteiger partial charge is 0.338 e. The number of nitrogens with one attached hydrogen (secondary N) is 1. The molecule has 5 heteroatoms. The highest BCUT2D eigenvalue weighted by Crippen LogP contribution is 2.34. The Morgan fingerprint density at radius 1 is 1.53 bits per heavy atom. The van der Waals surface area contributed by atoms with E-state index in [1.54, 1.807) is 6.07 Å². The molecule has 2 rings (SSSR count). The number of rotatable bonds is 5. The van der Waals surface area contributed by atoms with Crippen LogP contribution in [-0.2, 0) is 0 Å². The second-order valence-electron chi connectivity index (χ2n) is 4.64. The van der Waals surface area contributed by atoms with Crippen LogP contribution in [0.15, 0.2) is 22.7 Å². The third-order valence-corrected chi connectivity index (χ3v) is 5.39. The van der Waals surface area contributed by atoms with Crippen LogP contribution in [-0.4, -0.2) is 28.1 Å². The van der Waals surface area contributed by atoms with E-state index in [0.29, 0.717) is 21.3 Å². The van der Waals surface area contributed by atoms with Crippen LogP contribution >= 0.6 is 27.7 Å². The molecule has 1 saturated carbocycles. The first-order valence-electron chi connectivity index (χ1n) is 6.53. The summed E-state index contributed by atoms with van der Waals surface area (Å²) in [6, 6.07) is 5.86. The zero-order valence-corrected chi connectivity index (χ0v) is 13.3. The molecule has 1 aromatic carbocycles. The quantitative estimate of drug-likeness (QED) is 0.839. The van der Waals surface area contributed by atoms with Crippen molar-refractivity contribution in [3.63, 3.8) is 0 Å². The van der Waals surface area contributed by atoms with Crippen LogP contribution in [0.2, 0.25) is 0 Å². The topological polar surface area (TPSA) is 49.3 Å². The van der Waals surface area contributed by atoms with Gasteiger partial charge in [0, 0.05) is 15.8 Å². The van der Waals surface area contributed by atoms with E-state index in [1.165, 1.54) is 12.8 Å². The van der Waals surface area contributed by atoms with E-state index in [9.17, 15) is 9.90 Å². The number of thioether (sulfide) groups is 1. The molecule has 0 radical (unpaired) electrons. The van der Waals surface area contributed by atoms with Crippen molar-refractivity contribution in [2.45, 2.75) is 37.5 Å². The molecule has 2 N–H and O–H groups in total. The summed E-state index contributed by atoms with van der Waals surface area (Å²) in [4.78, 5) is 11.3. The molecular formula is C14H18BrNO2S. The summed E-state index contributed by atoms with van der Waals surface area (Å²) in [5.41, 5.74) is 1.05. The Balaban J connectivity index is 2.19. The van der Waals surface area contributed by atoms with Crippen molar-refractivity contribution < 1.29 is 9.90 Å². The molecule has 0 aromatic heterocycles. The molecule has 1 aliphatic rings. The molecule has 2 unspecified atom stereocenters. The summed E-state index contributed by atoms with van der Waals surface area (Å²) in [5.74, 6) is 0.209. The predicted molar refractivity (Wildman–Crippen MR) is 84.3 cm³/mol. The third kappa shape index (κ3) is 3.45. The van der Waals surface area contributed by atoms with Gasteiger partial charge in [-0.3, -0.25) is 0 Å². The van der Waals surface area contributed by atoms with E-state index >= 15 is 0 Å². The lowest BCUT2D eigenvalue weighted by molar-refractivity contribution is 0.0697. The molecule has 1 aliphatic carbocycles. The average molecular weight is 344 g/mol. The van der Waals surface area contributed by atoms with Gasteiger partial charge in [0.15, 0.2) is 0 Å². The first-order valence-corrected chi connectivity index (χ1v) is 8.37. The van der Waals surface area contributed by atoms with Gasteiger partial charge in [0.2, 0.25) is 0 Å². The Bertz CT molecular complexity index is 467. The Hall–Kier alpha value is -0.680. The normalized spacial score (nSPS) is 22.4. The minimum absolute atomic E-state index is 0.328. The standard InChI is InChI=1S/C14H18BrNO2S/c1-2-19-12-8-4-6-10(12)16-11-7-3-5-9(15)13(11)14(17)18/h3,5,7,10,12,16H,2,4,6,8H2,1H3,(H,17,18). The van der Waals surface area contributed by atoms with E-state index in [2.05, 4.69) is 28.2 Å². The summed E-state index contributed by atoms with van der Waals surface area (Å²) in [6.07, 6.45) is 3.54. The third-order valence-electron chi connectivity index (χ3n) is 3.40. The van der Waals surface area contributed by atoms with Gasteiger partial charge in [0.1, 0.15) is 0 Å². The van der Waals surface area contributed by atoms with Crippen LogP contribution in [0.25, 0.3) is 0 Å². The lowest BCUT2D eigenvalue weighted by Crippen LogP contribution is -2.27. The maximum atomic E-state index is 11.3. The van der Waals surface area contributed by atoms with Crippen LogP contribution in [0.5, 0.6) is 0 Å². The maximum Gasteiger partial charge on any atom is 0.338 e. The summed E-state index contributed by atoms with van der Waals surface area (Å²) in [5, 5.41) is 13.3. The fraction of sp³-hybridized carbons (Fsp3) is 0.500. The number of carboxylic acid groups (broad SMARTS) is 1. The van der Waals surface area contributed by atoms with Crippen molar-refractivity contribution in [2.75, 3.05) is 11.1 Å². The first-order chi connectivity index (χ1) is 9.13. The van der Waals surface area contributed by atoms with Gasteiger partial charge in [-0.1, -0.05) is 19.4 Å². The summed E-state index contributed by atoms with van der Waals surface area (Å²) in [6.45, 7) is 2.17. The largest absolute Gasteiger partial charge is 0.478 e. The molecule has 0 heterocycles. The van der Waals surface area contributed by atoms with Crippen molar-refractivity contribution in [3.8, 4) is 0 Å². The number of anilines is 1. The van der Waals surface area contributed by atoms with Crippen LogP contribution < -0.4 is 5.32 Å². The fourth-order valence-corrected chi connectivity index (χ4v) is 4.30. The van der Waals surface area contributed by atoms with Gasteiger partial charge in [-0.15, -0.1) is 0 Å². The van der Waals surface area contributed by atoms with Crippen LogP contribution in [0.3, 0.4) is 0 Å². The monoisotopic (exact) mass is 343 g/mol. The molecule has 0 aliphatic heterocycles. The Labute approximate surface area is 126 Å². The molecule has 3 nitrogen and oxygen atoms in total. The predicted octanol–water partition coefficient (Wildman–Crippen LogP) is 4.23. The number of aromatic carboxylic acids is 1. The second kappa shape index (κ2) is 6.66. The fourth-order valence-electron chi connectivity index (χ4n) is 2.57. The zero-order chi connectivity index (χ0) is 13.8. The zero-order valence-electron chi connectivity index (χ0n) is 10.9. The van der Waals surface area contributed by atoms with Crippen LogP contribution in [0.4, 0.5) is 5.69 Å². The Kier molecular flexibility index (Phi) is 5.16. The number of carbonyl (C=O) groups is 1. The Morgan fingerprint density at radius 3 is 3.00 bits per heavy atom. The van der Waals surface area contributed by atoms with E-state index < -0.39 is 5.97 Å². The maximum absolute atomic E-state index is 11.3. The molecule has 0 bridgehead atoms. The highest BCUT2D eigenvalue weighted by molar-refractivity contribution is 9.10. The summed E-state index contributed by atoms with van der Waals surface area (Å²) in [7, 11) is 0. The molecule has 104 valence electrons. The summed E-state index contributed by atoms with van der Waals surface area (Å²) < 4.78 is 0.627. The highest BCUT2D eigenvalue weighted by atomic mass is 79.9. The molecule has 1 fully saturated rings. The van der Waals surface area contributed by atoms with Gasteiger partial charge in [-0.05, 0) is 46.7 Å². The minimum Gasteiger partial charge on any atom is -0.478 e. The van der Waals surface area contributed by atoms with Crippen molar-refractivity contribution in [2.24, 2.45) is 0 Å². The van der Waals surface area contributed by atoms with E-state index in [1.807, 2.05) is 23.9 Å². The van der Waals surface area contributed by atoms with Crippen LogP contribution in [0.1, 0.15) is 36.5 Å². The SMILES string of the molecule is CCSC1CCCC1Nc1cccc(Br)c1C(=O)O. The average Bonchev–Trinajstić information content (AvgIpc) is 2.77.